The lowest BCUT2D eigenvalue weighted by atomic mass is 10.00. The predicted molar refractivity (Wildman–Crippen MR) is 51.1 cm³/mol. The second-order valence-electron chi connectivity index (χ2n) is 3.55. The summed E-state index contributed by atoms with van der Waals surface area (Å²) in [7, 11) is 0. The molecule has 0 aliphatic heterocycles. The van der Waals surface area contributed by atoms with E-state index in [1.54, 1.807) is 13.8 Å². The minimum Gasteiger partial charge on any atom is -0.378 e. The summed E-state index contributed by atoms with van der Waals surface area (Å²) in [6, 6.07) is 0. The highest BCUT2D eigenvalue weighted by Gasteiger charge is 2.21. The van der Waals surface area contributed by atoms with E-state index in [1.807, 2.05) is 13.8 Å². The first-order chi connectivity index (χ1) is 5.89. The van der Waals surface area contributed by atoms with Crippen LogP contribution in [-0.2, 0) is 4.89 Å². The molecule has 0 rings (SSSR count). The van der Waals surface area contributed by atoms with Crippen molar-refractivity contribution in [2.24, 2.45) is 0 Å². The van der Waals surface area contributed by atoms with Gasteiger partial charge in [-0.3, -0.25) is 5.26 Å². The third-order valence-electron chi connectivity index (χ3n) is 2.16. The third-order valence-corrected chi connectivity index (χ3v) is 2.16. The van der Waals surface area contributed by atoms with Crippen LogP contribution in [0.4, 0.5) is 0 Å². The number of aliphatic hydroxyl groups is 1. The van der Waals surface area contributed by atoms with Gasteiger partial charge in [-0.1, -0.05) is 25.7 Å². The van der Waals surface area contributed by atoms with Crippen LogP contribution in [0, 0.1) is 11.8 Å². The maximum Gasteiger partial charge on any atom is 0.160 e. The van der Waals surface area contributed by atoms with Crippen molar-refractivity contribution in [3.05, 3.63) is 0 Å². The summed E-state index contributed by atoms with van der Waals surface area (Å²) in [6.45, 7) is 7.00. The highest BCUT2D eigenvalue weighted by Crippen LogP contribution is 2.13. The second-order valence-corrected chi connectivity index (χ2v) is 3.55. The van der Waals surface area contributed by atoms with Gasteiger partial charge in [-0.05, 0) is 26.7 Å². The average Bonchev–Trinajstić information content (AvgIpc) is 2.14. The van der Waals surface area contributed by atoms with Crippen molar-refractivity contribution in [1.82, 2.24) is 0 Å². The Balaban J connectivity index is 4.55. The highest BCUT2D eigenvalue weighted by molar-refractivity contribution is 5.19. The van der Waals surface area contributed by atoms with E-state index in [0.29, 0.717) is 12.8 Å². The quantitative estimate of drug-likeness (QED) is 0.401. The van der Waals surface area contributed by atoms with Crippen LogP contribution in [0.1, 0.15) is 40.5 Å². The number of hydrogen-bond acceptors (Lipinski definition) is 3. The maximum atomic E-state index is 9.57. The van der Waals surface area contributed by atoms with Crippen molar-refractivity contribution in [2.75, 3.05) is 0 Å². The Bertz CT molecular complexity index is 206. The molecule has 0 fully saturated rings. The smallest absolute Gasteiger partial charge is 0.160 e. The standard InChI is InChI=1S/C10H18O3/c1-5-9(3,11)7-8-10(4,6-2)13-12/h11-12H,5-6H2,1-4H3. The SMILES string of the molecule is CCC(C)(O)C#CC(C)(CC)OO. The molecule has 2 unspecified atom stereocenters. The average molecular weight is 186 g/mol. The molecule has 0 radical (unpaired) electrons. The van der Waals surface area contributed by atoms with Crippen molar-refractivity contribution in [2.45, 2.75) is 51.7 Å². The Morgan fingerprint density at radius 2 is 1.69 bits per heavy atom. The molecular formula is C10H18O3. The van der Waals surface area contributed by atoms with Crippen molar-refractivity contribution >= 4 is 0 Å². The van der Waals surface area contributed by atoms with E-state index >= 15 is 0 Å². The monoisotopic (exact) mass is 186 g/mol. The van der Waals surface area contributed by atoms with E-state index in [1.165, 1.54) is 0 Å². The third kappa shape index (κ3) is 4.28. The maximum absolute atomic E-state index is 9.57. The zero-order chi connectivity index (χ0) is 10.5. The summed E-state index contributed by atoms with van der Waals surface area (Å²) in [4.78, 5) is 4.24. The molecule has 0 saturated carbocycles. The minimum absolute atomic E-state index is 0.547. The molecule has 0 aliphatic carbocycles. The van der Waals surface area contributed by atoms with E-state index in [9.17, 15) is 5.11 Å². The van der Waals surface area contributed by atoms with Crippen LogP contribution < -0.4 is 0 Å². The fourth-order valence-corrected chi connectivity index (χ4v) is 0.531. The molecule has 0 aromatic carbocycles. The van der Waals surface area contributed by atoms with Gasteiger partial charge in [-0.15, -0.1) is 0 Å². The van der Waals surface area contributed by atoms with E-state index in [0.717, 1.165) is 0 Å². The summed E-state index contributed by atoms with van der Waals surface area (Å²) < 4.78 is 0. The lowest BCUT2D eigenvalue weighted by Crippen LogP contribution is -2.27. The first kappa shape index (κ1) is 12.4. The summed E-state index contributed by atoms with van der Waals surface area (Å²) >= 11 is 0. The first-order valence-corrected chi connectivity index (χ1v) is 4.48. The molecule has 76 valence electrons. The van der Waals surface area contributed by atoms with Crippen LogP contribution in [0.25, 0.3) is 0 Å². The van der Waals surface area contributed by atoms with Gasteiger partial charge in [0.15, 0.2) is 5.60 Å². The molecule has 0 bridgehead atoms. The van der Waals surface area contributed by atoms with Gasteiger partial charge in [-0.25, -0.2) is 4.89 Å². The van der Waals surface area contributed by atoms with Gasteiger partial charge < -0.3 is 5.11 Å². The van der Waals surface area contributed by atoms with Crippen LogP contribution in [0.3, 0.4) is 0 Å². The normalized spacial score (nSPS) is 19.5. The zero-order valence-electron chi connectivity index (χ0n) is 8.72. The molecule has 0 saturated heterocycles. The fraction of sp³-hybridized carbons (Fsp3) is 0.800. The van der Waals surface area contributed by atoms with Crippen molar-refractivity contribution in [3.63, 3.8) is 0 Å². The van der Waals surface area contributed by atoms with Gasteiger partial charge in [0.05, 0.1) is 0 Å². The molecule has 0 heterocycles. The van der Waals surface area contributed by atoms with Gasteiger partial charge in [0.2, 0.25) is 0 Å². The number of rotatable bonds is 3. The van der Waals surface area contributed by atoms with Crippen molar-refractivity contribution in [1.29, 1.82) is 0 Å². The lowest BCUT2D eigenvalue weighted by molar-refractivity contribution is -0.299. The van der Waals surface area contributed by atoms with Crippen LogP contribution >= 0.6 is 0 Å². The minimum atomic E-state index is -1.00. The van der Waals surface area contributed by atoms with Crippen LogP contribution in [-0.4, -0.2) is 21.6 Å². The Morgan fingerprint density at radius 3 is 2.00 bits per heavy atom. The van der Waals surface area contributed by atoms with Gasteiger partial charge in [-0.2, -0.15) is 0 Å². The molecule has 2 atom stereocenters. The van der Waals surface area contributed by atoms with Gasteiger partial charge in [0, 0.05) is 0 Å². The van der Waals surface area contributed by atoms with Crippen molar-refractivity contribution in [3.8, 4) is 11.8 Å². The fourth-order valence-electron chi connectivity index (χ4n) is 0.531. The van der Waals surface area contributed by atoms with Crippen molar-refractivity contribution < 1.29 is 15.3 Å². The Hall–Kier alpha value is -0.560. The van der Waals surface area contributed by atoms with E-state index in [2.05, 4.69) is 16.7 Å². The molecule has 2 N–H and O–H groups in total. The molecule has 0 aromatic rings. The Labute approximate surface area is 79.7 Å². The molecule has 0 spiro atoms. The molecular weight excluding hydrogens is 168 g/mol. The molecule has 0 aromatic heterocycles. The van der Waals surface area contributed by atoms with E-state index in [4.69, 9.17) is 5.26 Å². The summed E-state index contributed by atoms with van der Waals surface area (Å²) in [5.41, 5.74) is -1.88. The summed E-state index contributed by atoms with van der Waals surface area (Å²) in [5.74, 6) is 5.39. The molecule has 3 nitrogen and oxygen atoms in total. The molecule has 0 amide bonds. The summed E-state index contributed by atoms with van der Waals surface area (Å²) in [5, 5.41) is 18.1. The van der Waals surface area contributed by atoms with Gasteiger partial charge >= 0.3 is 0 Å². The highest BCUT2D eigenvalue weighted by atomic mass is 17.1. The number of hydrogen-bond donors (Lipinski definition) is 2. The summed E-state index contributed by atoms with van der Waals surface area (Å²) in [6.07, 6.45) is 1.11. The van der Waals surface area contributed by atoms with Gasteiger partial charge in [0.1, 0.15) is 5.60 Å². The lowest BCUT2D eigenvalue weighted by Gasteiger charge is -2.18. The molecule has 0 aliphatic rings. The second kappa shape index (κ2) is 4.61. The first-order valence-electron chi connectivity index (χ1n) is 4.48. The predicted octanol–water partition coefficient (Wildman–Crippen LogP) is 1.81. The van der Waals surface area contributed by atoms with Gasteiger partial charge in [0.25, 0.3) is 0 Å². The topological polar surface area (TPSA) is 49.7 Å². The van der Waals surface area contributed by atoms with E-state index < -0.39 is 11.2 Å². The van der Waals surface area contributed by atoms with Crippen LogP contribution in [0.15, 0.2) is 0 Å². The largest absolute Gasteiger partial charge is 0.378 e. The Kier molecular flexibility index (Phi) is 4.41. The van der Waals surface area contributed by atoms with E-state index in [-0.39, 0.29) is 0 Å². The molecule has 3 heteroatoms. The molecule has 13 heavy (non-hydrogen) atoms. The zero-order valence-corrected chi connectivity index (χ0v) is 8.72. The van der Waals surface area contributed by atoms with Crippen LogP contribution in [0.5, 0.6) is 0 Å². The van der Waals surface area contributed by atoms with Crippen LogP contribution in [0.2, 0.25) is 0 Å². The Morgan fingerprint density at radius 1 is 1.15 bits per heavy atom.